The number of aromatic nitrogens is 1. The van der Waals surface area contributed by atoms with E-state index in [1.54, 1.807) is 12.4 Å². The van der Waals surface area contributed by atoms with E-state index in [2.05, 4.69) is 29.2 Å². The quantitative estimate of drug-likeness (QED) is 0.899. The van der Waals surface area contributed by atoms with Crippen molar-refractivity contribution in [1.29, 1.82) is 0 Å². The van der Waals surface area contributed by atoms with E-state index in [1.165, 1.54) is 11.1 Å². The summed E-state index contributed by atoms with van der Waals surface area (Å²) in [7, 11) is 0. The molecule has 0 radical (unpaired) electrons. The summed E-state index contributed by atoms with van der Waals surface area (Å²) in [5, 5.41) is 0.701. The van der Waals surface area contributed by atoms with Crippen molar-refractivity contribution in [3.05, 3.63) is 64.4 Å². The predicted octanol–water partition coefficient (Wildman–Crippen LogP) is 3.08. The molecule has 1 aliphatic rings. The third kappa shape index (κ3) is 1.92. The Morgan fingerprint density at radius 1 is 1.28 bits per heavy atom. The van der Waals surface area contributed by atoms with Crippen molar-refractivity contribution < 1.29 is 0 Å². The van der Waals surface area contributed by atoms with Crippen molar-refractivity contribution in [2.24, 2.45) is 5.73 Å². The van der Waals surface area contributed by atoms with Gasteiger partial charge in [-0.1, -0.05) is 35.9 Å². The van der Waals surface area contributed by atoms with Crippen LogP contribution in [-0.4, -0.2) is 4.98 Å². The molecule has 0 spiro atoms. The molecule has 1 atom stereocenters. The Bertz CT molecular complexity index is 582. The predicted molar refractivity (Wildman–Crippen MR) is 73.6 cm³/mol. The van der Waals surface area contributed by atoms with Crippen molar-refractivity contribution in [3.63, 3.8) is 0 Å². The number of nitrogens with two attached hydrogens (primary N) is 1. The molecule has 1 aromatic heterocycles. The van der Waals surface area contributed by atoms with Crippen LogP contribution in [0, 0.1) is 0 Å². The average molecular weight is 259 g/mol. The molecule has 0 saturated heterocycles. The van der Waals surface area contributed by atoms with Crippen LogP contribution in [0.15, 0.2) is 42.7 Å². The maximum absolute atomic E-state index is 6.59. The highest BCUT2D eigenvalue weighted by Gasteiger charge is 2.35. The summed E-state index contributed by atoms with van der Waals surface area (Å²) in [6.45, 7) is 0. The molecule has 3 rings (SSSR count). The first-order chi connectivity index (χ1) is 8.69. The van der Waals surface area contributed by atoms with Crippen LogP contribution in [0.4, 0.5) is 0 Å². The second kappa shape index (κ2) is 4.38. The van der Waals surface area contributed by atoms with Crippen LogP contribution in [0.3, 0.4) is 0 Å². The molecule has 1 heterocycles. The summed E-state index contributed by atoms with van der Waals surface area (Å²) >= 11 is 6.17. The number of halogens is 1. The molecular weight excluding hydrogens is 244 g/mol. The fourth-order valence-corrected chi connectivity index (χ4v) is 2.97. The van der Waals surface area contributed by atoms with Crippen LogP contribution in [-0.2, 0) is 18.4 Å². The van der Waals surface area contributed by atoms with Gasteiger partial charge in [-0.25, -0.2) is 0 Å². The van der Waals surface area contributed by atoms with E-state index in [-0.39, 0.29) is 5.54 Å². The van der Waals surface area contributed by atoms with E-state index in [9.17, 15) is 0 Å². The molecule has 0 fully saturated rings. The van der Waals surface area contributed by atoms with Crippen LogP contribution >= 0.6 is 11.6 Å². The van der Waals surface area contributed by atoms with Gasteiger partial charge in [-0.2, -0.15) is 0 Å². The first kappa shape index (κ1) is 11.7. The van der Waals surface area contributed by atoms with Crippen molar-refractivity contribution in [2.75, 3.05) is 0 Å². The molecule has 2 N–H and O–H groups in total. The average Bonchev–Trinajstić information content (AvgIpc) is 2.71. The molecule has 0 bridgehead atoms. The third-order valence-corrected chi connectivity index (χ3v) is 4.10. The summed E-state index contributed by atoms with van der Waals surface area (Å²) < 4.78 is 0. The van der Waals surface area contributed by atoms with Gasteiger partial charge in [-0.3, -0.25) is 4.98 Å². The van der Waals surface area contributed by atoms with Crippen LogP contribution in [0.1, 0.15) is 23.1 Å². The summed E-state index contributed by atoms with van der Waals surface area (Å²) in [5.74, 6) is 0. The van der Waals surface area contributed by atoms with E-state index < -0.39 is 0 Å². The van der Waals surface area contributed by atoms with Crippen molar-refractivity contribution in [1.82, 2.24) is 4.98 Å². The normalized spacial score (nSPS) is 21.9. The smallest absolute Gasteiger partial charge is 0.0622 e. The lowest BCUT2D eigenvalue weighted by atomic mass is 9.86. The Morgan fingerprint density at radius 3 is 2.94 bits per heavy atom. The molecule has 0 saturated carbocycles. The number of hydrogen-bond donors (Lipinski definition) is 1. The number of aryl methyl sites for hydroxylation is 1. The number of pyridine rings is 1. The molecule has 2 aromatic rings. The molecule has 1 unspecified atom stereocenters. The van der Waals surface area contributed by atoms with Gasteiger partial charge >= 0.3 is 0 Å². The highest BCUT2D eigenvalue weighted by atomic mass is 35.5. The van der Waals surface area contributed by atoms with Gasteiger partial charge < -0.3 is 5.73 Å². The molecule has 0 amide bonds. The lowest BCUT2D eigenvalue weighted by Crippen LogP contribution is -2.36. The molecule has 0 aliphatic heterocycles. The molecular formula is C15H15ClN2. The zero-order valence-corrected chi connectivity index (χ0v) is 10.8. The van der Waals surface area contributed by atoms with Crippen molar-refractivity contribution in [2.45, 2.75) is 24.8 Å². The third-order valence-electron chi connectivity index (χ3n) is 3.76. The Kier molecular flexibility index (Phi) is 2.84. The maximum atomic E-state index is 6.59. The molecule has 92 valence electrons. The standard InChI is InChI=1S/C15H15ClN2/c16-14-10-18-8-6-12(14)9-15(17)7-5-11-3-1-2-4-13(11)15/h1-4,6,8,10H,5,7,9,17H2. The van der Waals surface area contributed by atoms with Gasteiger partial charge in [-0.15, -0.1) is 0 Å². The minimum atomic E-state index is -0.290. The fourth-order valence-electron chi connectivity index (χ4n) is 2.79. The monoisotopic (exact) mass is 258 g/mol. The van der Waals surface area contributed by atoms with E-state index in [4.69, 9.17) is 17.3 Å². The lowest BCUT2D eigenvalue weighted by Gasteiger charge is -2.26. The second-order valence-electron chi connectivity index (χ2n) is 4.96. The van der Waals surface area contributed by atoms with E-state index >= 15 is 0 Å². The van der Waals surface area contributed by atoms with Gasteiger partial charge in [0.15, 0.2) is 0 Å². The number of fused-ring (bicyclic) bond motifs is 1. The fraction of sp³-hybridized carbons (Fsp3) is 0.267. The highest BCUT2D eigenvalue weighted by Crippen LogP contribution is 2.38. The summed E-state index contributed by atoms with van der Waals surface area (Å²) in [4.78, 5) is 4.01. The first-order valence-electron chi connectivity index (χ1n) is 6.15. The van der Waals surface area contributed by atoms with Crippen molar-refractivity contribution >= 4 is 11.6 Å². The topological polar surface area (TPSA) is 38.9 Å². The zero-order chi connectivity index (χ0) is 12.6. The molecule has 1 aromatic carbocycles. The Hall–Kier alpha value is -1.38. The van der Waals surface area contributed by atoms with Crippen LogP contribution in [0.25, 0.3) is 0 Å². The van der Waals surface area contributed by atoms with Gasteiger partial charge in [0.25, 0.3) is 0 Å². The molecule has 2 nitrogen and oxygen atoms in total. The minimum Gasteiger partial charge on any atom is -0.321 e. The zero-order valence-electron chi connectivity index (χ0n) is 10.1. The van der Waals surface area contributed by atoms with E-state index in [0.717, 1.165) is 24.8 Å². The van der Waals surface area contributed by atoms with Crippen LogP contribution in [0.5, 0.6) is 0 Å². The van der Waals surface area contributed by atoms with Crippen LogP contribution in [0.2, 0.25) is 5.02 Å². The van der Waals surface area contributed by atoms with Crippen molar-refractivity contribution in [3.8, 4) is 0 Å². The van der Waals surface area contributed by atoms with Crippen LogP contribution < -0.4 is 5.73 Å². The first-order valence-corrected chi connectivity index (χ1v) is 6.52. The summed E-state index contributed by atoms with van der Waals surface area (Å²) in [6, 6.07) is 10.4. The van der Waals surface area contributed by atoms with Gasteiger partial charge in [0.1, 0.15) is 0 Å². The largest absolute Gasteiger partial charge is 0.321 e. The van der Waals surface area contributed by atoms with Gasteiger partial charge in [0, 0.05) is 17.9 Å². The minimum absolute atomic E-state index is 0.290. The van der Waals surface area contributed by atoms with Gasteiger partial charge in [0.2, 0.25) is 0 Å². The highest BCUT2D eigenvalue weighted by molar-refractivity contribution is 6.31. The maximum Gasteiger partial charge on any atom is 0.0622 e. The van der Waals surface area contributed by atoms with Gasteiger partial charge in [0.05, 0.1) is 5.02 Å². The summed E-state index contributed by atoms with van der Waals surface area (Å²) in [6.07, 6.45) is 6.25. The number of rotatable bonds is 2. The lowest BCUT2D eigenvalue weighted by molar-refractivity contribution is 0.439. The second-order valence-corrected chi connectivity index (χ2v) is 5.36. The molecule has 1 aliphatic carbocycles. The molecule has 18 heavy (non-hydrogen) atoms. The van der Waals surface area contributed by atoms with Gasteiger partial charge in [-0.05, 0) is 42.0 Å². The van der Waals surface area contributed by atoms with E-state index in [0.29, 0.717) is 5.02 Å². The number of nitrogens with zero attached hydrogens (tertiary/aromatic N) is 1. The Labute approximate surface area is 112 Å². The Morgan fingerprint density at radius 2 is 2.11 bits per heavy atom. The SMILES string of the molecule is NC1(Cc2ccncc2Cl)CCc2ccccc21. The Balaban J connectivity index is 1.96. The number of benzene rings is 1. The number of hydrogen-bond acceptors (Lipinski definition) is 2. The summed E-state index contributed by atoms with van der Waals surface area (Å²) in [5.41, 5.74) is 10.0. The van der Waals surface area contributed by atoms with E-state index in [1.807, 2.05) is 6.07 Å². The molecule has 3 heteroatoms.